The van der Waals surface area contributed by atoms with Crippen LogP contribution < -0.4 is 4.74 Å². The second kappa shape index (κ2) is 6.27. The van der Waals surface area contributed by atoms with Crippen molar-refractivity contribution in [1.29, 1.82) is 0 Å². The van der Waals surface area contributed by atoms with Crippen LogP contribution in [0.2, 0.25) is 5.02 Å². The van der Waals surface area contributed by atoms with Gasteiger partial charge in [-0.05, 0) is 35.7 Å². The molecule has 2 rings (SSSR count). The van der Waals surface area contributed by atoms with Gasteiger partial charge in [-0.25, -0.2) is 0 Å². The third kappa shape index (κ3) is 3.38. The molecule has 0 radical (unpaired) electrons. The van der Waals surface area contributed by atoms with Crippen LogP contribution in [0.15, 0.2) is 54.6 Å². The first-order valence-corrected chi connectivity index (χ1v) is 6.21. The van der Waals surface area contributed by atoms with Gasteiger partial charge in [0, 0.05) is 5.02 Å². The zero-order valence-corrected chi connectivity index (χ0v) is 11.0. The molecule has 0 heterocycles. The summed E-state index contributed by atoms with van der Waals surface area (Å²) in [6.07, 6.45) is 5.05. The molecule has 92 valence electrons. The summed E-state index contributed by atoms with van der Waals surface area (Å²) < 4.78 is 5.12. The minimum absolute atomic E-state index is 0.781. The Hall–Kier alpha value is -1.73. The molecule has 2 aromatic rings. The molecular weight excluding hydrogens is 244 g/mol. The highest BCUT2D eigenvalue weighted by molar-refractivity contribution is 6.32. The predicted molar refractivity (Wildman–Crippen MR) is 77.2 cm³/mol. The lowest BCUT2D eigenvalue weighted by Gasteiger charge is -2.01. The van der Waals surface area contributed by atoms with E-state index in [-0.39, 0.29) is 0 Å². The van der Waals surface area contributed by atoms with Crippen molar-refractivity contribution in [2.75, 3.05) is 7.11 Å². The number of ether oxygens (including phenoxy) is 1. The molecule has 0 spiro atoms. The molecule has 0 amide bonds. The van der Waals surface area contributed by atoms with Crippen molar-refractivity contribution < 1.29 is 4.74 Å². The number of methoxy groups -OCH3 is 1. The highest BCUT2D eigenvalue weighted by atomic mass is 35.5. The Balaban J connectivity index is 2.00. The first kappa shape index (κ1) is 12.7. The van der Waals surface area contributed by atoms with Gasteiger partial charge in [-0.3, -0.25) is 0 Å². The number of benzene rings is 2. The Morgan fingerprint density at radius 3 is 2.44 bits per heavy atom. The minimum atomic E-state index is 0.781. The van der Waals surface area contributed by atoms with Gasteiger partial charge >= 0.3 is 0 Å². The van der Waals surface area contributed by atoms with E-state index in [1.54, 1.807) is 7.11 Å². The lowest BCUT2D eigenvalue weighted by Crippen LogP contribution is -1.84. The van der Waals surface area contributed by atoms with E-state index in [2.05, 4.69) is 18.2 Å². The van der Waals surface area contributed by atoms with Crippen molar-refractivity contribution in [2.24, 2.45) is 0 Å². The molecule has 2 heteroatoms. The lowest BCUT2D eigenvalue weighted by atomic mass is 10.1. The SMILES string of the molecule is COc1ccc(C/C=C/c2ccccc2Cl)cc1. The number of halogens is 1. The lowest BCUT2D eigenvalue weighted by molar-refractivity contribution is 0.414. The third-order valence-corrected chi connectivity index (χ3v) is 3.06. The molecule has 0 N–H and O–H groups in total. The van der Waals surface area contributed by atoms with Gasteiger partial charge in [0.15, 0.2) is 0 Å². The fraction of sp³-hybridized carbons (Fsp3) is 0.125. The summed E-state index contributed by atoms with van der Waals surface area (Å²) in [4.78, 5) is 0. The van der Waals surface area contributed by atoms with Gasteiger partial charge in [0.1, 0.15) is 5.75 Å². The van der Waals surface area contributed by atoms with Gasteiger partial charge in [0.05, 0.1) is 7.11 Å². The zero-order chi connectivity index (χ0) is 12.8. The minimum Gasteiger partial charge on any atom is -0.497 e. The molecule has 0 bridgehead atoms. The first-order chi connectivity index (χ1) is 8.79. The Labute approximate surface area is 113 Å². The Kier molecular flexibility index (Phi) is 4.43. The van der Waals surface area contributed by atoms with Crippen LogP contribution in [0.5, 0.6) is 5.75 Å². The summed E-state index contributed by atoms with van der Waals surface area (Å²) in [6, 6.07) is 15.9. The van der Waals surface area contributed by atoms with Gasteiger partial charge in [0.25, 0.3) is 0 Å². The van der Waals surface area contributed by atoms with E-state index in [4.69, 9.17) is 16.3 Å². The van der Waals surface area contributed by atoms with Gasteiger partial charge in [0.2, 0.25) is 0 Å². The predicted octanol–water partition coefficient (Wildman–Crippen LogP) is 4.60. The van der Waals surface area contributed by atoms with Crippen LogP contribution in [0.1, 0.15) is 11.1 Å². The van der Waals surface area contributed by atoms with Gasteiger partial charge < -0.3 is 4.74 Å². The number of allylic oxidation sites excluding steroid dienone is 1. The van der Waals surface area contributed by atoms with Crippen LogP contribution in [0.3, 0.4) is 0 Å². The Bertz CT molecular complexity index is 529. The maximum Gasteiger partial charge on any atom is 0.118 e. The van der Waals surface area contributed by atoms with Crippen molar-refractivity contribution in [1.82, 2.24) is 0 Å². The summed E-state index contributed by atoms with van der Waals surface area (Å²) in [5.41, 5.74) is 2.30. The summed E-state index contributed by atoms with van der Waals surface area (Å²) in [5, 5.41) is 0.781. The molecule has 0 unspecified atom stereocenters. The Morgan fingerprint density at radius 2 is 1.78 bits per heavy atom. The average Bonchev–Trinajstić information content (AvgIpc) is 2.42. The fourth-order valence-electron chi connectivity index (χ4n) is 1.69. The van der Waals surface area contributed by atoms with Crippen LogP contribution >= 0.6 is 11.6 Å². The van der Waals surface area contributed by atoms with Crippen molar-refractivity contribution in [3.05, 3.63) is 70.8 Å². The topological polar surface area (TPSA) is 9.23 Å². The normalized spacial score (nSPS) is 10.8. The van der Waals surface area contributed by atoms with Crippen LogP contribution in [0.25, 0.3) is 6.08 Å². The molecular formula is C16H15ClO. The molecule has 18 heavy (non-hydrogen) atoms. The molecule has 0 atom stereocenters. The van der Waals surface area contributed by atoms with Crippen LogP contribution in [-0.4, -0.2) is 7.11 Å². The quantitative estimate of drug-likeness (QED) is 0.779. The molecule has 1 nitrogen and oxygen atoms in total. The maximum absolute atomic E-state index is 6.08. The standard InChI is InChI=1S/C16H15ClO/c1-18-15-11-9-13(10-12-15)5-4-7-14-6-2-3-8-16(14)17/h2-4,6-12H,5H2,1H3/b7-4+. The molecule has 0 aliphatic rings. The van der Waals surface area contributed by atoms with Crippen molar-refractivity contribution in [3.63, 3.8) is 0 Å². The summed E-state index contributed by atoms with van der Waals surface area (Å²) >= 11 is 6.08. The third-order valence-electron chi connectivity index (χ3n) is 2.72. The van der Waals surface area contributed by atoms with Crippen LogP contribution in [-0.2, 0) is 6.42 Å². The van der Waals surface area contributed by atoms with Crippen molar-refractivity contribution >= 4 is 17.7 Å². The summed E-state index contributed by atoms with van der Waals surface area (Å²) in [5.74, 6) is 0.883. The second-order valence-corrected chi connectivity index (χ2v) is 4.38. The largest absolute Gasteiger partial charge is 0.497 e. The van der Waals surface area contributed by atoms with E-state index in [1.165, 1.54) is 5.56 Å². The van der Waals surface area contributed by atoms with Crippen LogP contribution in [0.4, 0.5) is 0 Å². The van der Waals surface area contributed by atoms with Gasteiger partial charge in [-0.15, -0.1) is 0 Å². The van der Waals surface area contributed by atoms with E-state index in [0.29, 0.717) is 0 Å². The highest BCUT2D eigenvalue weighted by Gasteiger charge is 1.94. The monoisotopic (exact) mass is 258 g/mol. The number of rotatable bonds is 4. The molecule has 2 aromatic carbocycles. The summed E-state index contributed by atoms with van der Waals surface area (Å²) in [7, 11) is 1.67. The number of hydrogen-bond acceptors (Lipinski definition) is 1. The Morgan fingerprint density at radius 1 is 1.06 bits per heavy atom. The molecule has 0 fully saturated rings. The zero-order valence-electron chi connectivity index (χ0n) is 10.3. The molecule has 0 aliphatic carbocycles. The van der Waals surface area contributed by atoms with Crippen LogP contribution in [0, 0.1) is 0 Å². The smallest absolute Gasteiger partial charge is 0.118 e. The van der Waals surface area contributed by atoms with Gasteiger partial charge in [-0.1, -0.05) is 54.1 Å². The van der Waals surface area contributed by atoms with E-state index >= 15 is 0 Å². The number of hydrogen-bond donors (Lipinski definition) is 0. The average molecular weight is 259 g/mol. The fourth-order valence-corrected chi connectivity index (χ4v) is 1.89. The van der Waals surface area contributed by atoms with E-state index in [9.17, 15) is 0 Å². The van der Waals surface area contributed by atoms with E-state index < -0.39 is 0 Å². The van der Waals surface area contributed by atoms with E-state index in [0.717, 1.165) is 22.8 Å². The maximum atomic E-state index is 6.08. The molecule has 0 saturated carbocycles. The van der Waals surface area contributed by atoms with E-state index in [1.807, 2.05) is 42.5 Å². The molecule has 0 aliphatic heterocycles. The first-order valence-electron chi connectivity index (χ1n) is 5.83. The van der Waals surface area contributed by atoms with Crippen molar-refractivity contribution in [3.8, 4) is 5.75 Å². The van der Waals surface area contributed by atoms with Crippen molar-refractivity contribution in [2.45, 2.75) is 6.42 Å². The highest BCUT2D eigenvalue weighted by Crippen LogP contribution is 2.17. The molecule has 0 saturated heterocycles. The van der Waals surface area contributed by atoms with Gasteiger partial charge in [-0.2, -0.15) is 0 Å². The summed E-state index contributed by atoms with van der Waals surface area (Å²) in [6.45, 7) is 0. The molecule has 0 aromatic heterocycles. The second-order valence-electron chi connectivity index (χ2n) is 3.98.